The van der Waals surface area contributed by atoms with Gasteiger partial charge in [0.25, 0.3) is 5.91 Å². The molecule has 0 spiro atoms. The van der Waals surface area contributed by atoms with E-state index in [1.165, 1.54) is 11.3 Å². The average Bonchev–Trinajstić information content (AvgIpc) is 3.06. The molecule has 1 aromatic heterocycles. The first-order valence-corrected chi connectivity index (χ1v) is 9.90. The van der Waals surface area contributed by atoms with Gasteiger partial charge in [0.2, 0.25) is 0 Å². The van der Waals surface area contributed by atoms with Gasteiger partial charge in [-0.1, -0.05) is 53.4 Å². The third kappa shape index (κ3) is 4.21. The summed E-state index contributed by atoms with van der Waals surface area (Å²) in [7, 11) is 0. The van der Waals surface area contributed by atoms with Gasteiger partial charge >= 0.3 is 0 Å². The van der Waals surface area contributed by atoms with Gasteiger partial charge in [0, 0.05) is 11.1 Å². The second kappa shape index (κ2) is 8.18. The lowest BCUT2D eigenvalue weighted by Gasteiger charge is -2.07. The second-order valence-electron chi connectivity index (χ2n) is 5.14. The molecule has 4 nitrogen and oxygen atoms in total. The summed E-state index contributed by atoms with van der Waals surface area (Å²) >= 11 is 3.05. The van der Waals surface area contributed by atoms with E-state index in [1.807, 2.05) is 43.5 Å². The zero-order chi connectivity index (χ0) is 17.6. The predicted molar refractivity (Wildman–Crippen MR) is 105 cm³/mol. The zero-order valence-corrected chi connectivity index (χ0v) is 15.6. The Balaban J connectivity index is 1.84. The van der Waals surface area contributed by atoms with Crippen molar-refractivity contribution in [2.24, 2.45) is 0 Å². The van der Waals surface area contributed by atoms with Crippen LogP contribution in [0, 0.1) is 0 Å². The van der Waals surface area contributed by atoms with Crippen LogP contribution < -0.4 is 10.1 Å². The highest BCUT2D eigenvalue weighted by atomic mass is 32.2. The minimum absolute atomic E-state index is 0.156. The maximum Gasteiger partial charge on any atom is 0.256 e. The molecule has 1 heterocycles. The number of amides is 1. The first-order valence-electron chi connectivity index (χ1n) is 7.85. The second-order valence-corrected chi connectivity index (χ2v) is 7.19. The first-order chi connectivity index (χ1) is 12.2. The fraction of sp³-hybridized carbons (Fsp3) is 0.158. The van der Waals surface area contributed by atoms with Crippen LogP contribution in [0.25, 0.3) is 11.3 Å². The molecule has 0 aliphatic rings. The predicted octanol–water partition coefficient (Wildman–Crippen LogP) is 5.18. The zero-order valence-electron chi connectivity index (χ0n) is 14.0. The molecule has 25 heavy (non-hydrogen) atoms. The Morgan fingerprint density at radius 2 is 1.88 bits per heavy atom. The molecule has 6 heteroatoms. The van der Waals surface area contributed by atoms with Crippen LogP contribution in [-0.4, -0.2) is 23.8 Å². The van der Waals surface area contributed by atoms with Gasteiger partial charge in [0.15, 0.2) is 4.34 Å². The molecule has 0 saturated carbocycles. The van der Waals surface area contributed by atoms with Crippen LogP contribution >= 0.6 is 23.1 Å². The number of carbonyl (C=O) groups excluding carboxylic acids is 1. The van der Waals surface area contributed by atoms with E-state index in [9.17, 15) is 4.79 Å². The minimum Gasteiger partial charge on any atom is -0.494 e. The number of nitrogens with zero attached hydrogens (tertiary/aromatic N) is 1. The molecule has 0 unspecified atom stereocenters. The van der Waals surface area contributed by atoms with Gasteiger partial charge in [0.1, 0.15) is 16.4 Å². The molecule has 2 aromatic carbocycles. The summed E-state index contributed by atoms with van der Waals surface area (Å²) in [5.41, 5.74) is 2.37. The number of nitrogens with one attached hydrogen (secondary N) is 1. The van der Waals surface area contributed by atoms with Gasteiger partial charge in [-0.05, 0) is 37.4 Å². The topological polar surface area (TPSA) is 51.2 Å². The summed E-state index contributed by atoms with van der Waals surface area (Å²) in [5.74, 6) is 0.600. The smallest absolute Gasteiger partial charge is 0.256 e. The summed E-state index contributed by atoms with van der Waals surface area (Å²) in [4.78, 5) is 17.2. The average molecular weight is 370 g/mol. The van der Waals surface area contributed by atoms with Gasteiger partial charge in [-0.15, -0.1) is 0 Å². The summed E-state index contributed by atoms with van der Waals surface area (Å²) in [6.07, 6.45) is 1.98. The monoisotopic (exact) mass is 370 g/mol. The number of hydrogen-bond donors (Lipinski definition) is 1. The lowest BCUT2D eigenvalue weighted by atomic mass is 10.1. The van der Waals surface area contributed by atoms with E-state index in [-0.39, 0.29) is 5.91 Å². The number of ether oxygens (including phenoxy) is 1. The molecule has 0 aliphatic heterocycles. The number of anilines is 1. The molecule has 0 radical (unpaired) electrons. The van der Waals surface area contributed by atoms with E-state index < -0.39 is 0 Å². The van der Waals surface area contributed by atoms with Gasteiger partial charge in [0.05, 0.1) is 6.61 Å². The highest BCUT2D eigenvalue weighted by Crippen LogP contribution is 2.37. The molecule has 0 aliphatic carbocycles. The highest BCUT2D eigenvalue weighted by molar-refractivity contribution is 8.00. The van der Waals surface area contributed by atoms with Crippen molar-refractivity contribution in [2.75, 3.05) is 18.2 Å². The molecule has 128 valence electrons. The van der Waals surface area contributed by atoms with Crippen LogP contribution in [-0.2, 0) is 0 Å². The number of benzene rings is 2. The number of thioether (sulfide) groups is 1. The Labute approximate surface area is 155 Å². The van der Waals surface area contributed by atoms with Crippen molar-refractivity contribution in [3.63, 3.8) is 0 Å². The Morgan fingerprint density at radius 1 is 1.16 bits per heavy atom. The third-order valence-electron chi connectivity index (χ3n) is 3.48. The Morgan fingerprint density at radius 3 is 2.52 bits per heavy atom. The van der Waals surface area contributed by atoms with Crippen LogP contribution in [0.2, 0.25) is 0 Å². The quantitative estimate of drug-likeness (QED) is 0.607. The minimum atomic E-state index is -0.156. The molecular weight excluding hydrogens is 352 g/mol. The SMILES string of the molecule is CCOc1ccc(C(=O)Nc2sc(SC)nc2-c2ccccc2)cc1. The molecule has 0 bridgehead atoms. The molecule has 0 atom stereocenters. The van der Waals surface area contributed by atoms with Crippen molar-refractivity contribution in [2.45, 2.75) is 11.3 Å². The van der Waals surface area contributed by atoms with E-state index in [0.29, 0.717) is 12.2 Å². The van der Waals surface area contributed by atoms with E-state index in [1.54, 1.807) is 36.0 Å². The Kier molecular flexibility index (Phi) is 5.73. The number of thiazole rings is 1. The third-order valence-corrected chi connectivity index (χ3v) is 5.44. The molecule has 1 amide bonds. The number of rotatable bonds is 6. The Hall–Kier alpha value is -2.31. The van der Waals surface area contributed by atoms with E-state index in [2.05, 4.69) is 10.3 Å². The summed E-state index contributed by atoms with van der Waals surface area (Å²) < 4.78 is 6.33. The van der Waals surface area contributed by atoms with Gasteiger partial charge in [-0.2, -0.15) is 0 Å². The molecule has 0 saturated heterocycles. The van der Waals surface area contributed by atoms with Gasteiger partial charge in [-0.3, -0.25) is 4.79 Å². The normalized spacial score (nSPS) is 10.5. The van der Waals surface area contributed by atoms with E-state index in [4.69, 9.17) is 4.74 Å². The Bertz CT molecular complexity index is 846. The first kappa shape index (κ1) is 17.5. The van der Waals surface area contributed by atoms with Crippen LogP contribution in [0.1, 0.15) is 17.3 Å². The lowest BCUT2D eigenvalue weighted by molar-refractivity contribution is 0.102. The molecule has 3 aromatic rings. The van der Waals surface area contributed by atoms with Crippen LogP contribution in [0.3, 0.4) is 0 Å². The maximum atomic E-state index is 12.6. The van der Waals surface area contributed by atoms with Crippen molar-refractivity contribution in [3.8, 4) is 17.0 Å². The standard InChI is InChI=1S/C19H18N2O2S2/c1-3-23-15-11-9-14(10-12-15)17(22)21-18-16(20-19(24-2)25-18)13-7-5-4-6-8-13/h4-12H,3H2,1-2H3,(H,21,22). The van der Waals surface area contributed by atoms with Crippen molar-refractivity contribution < 1.29 is 9.53 Å². The van der Waals surface area contributed by atoms with Crippen molar-refractivity contribution >= 4 is 34.0 Å². The maximum absolute atomic E-state index is 12.6. The van der Waals surface area contributed by atoms with Crippen LogP contribution in [0.4, 0.5) is 5.00 Å². The summed E-state index contributed by atoms with van der Waals surface area (Å²) in [6, 6.07) is 17.0. The van der Waals surface area contributed by atoms with Crippen LogP contribution in [0.5, 0.6) is 5.75 Å². The largest absolute Gasteiger partial charge is 0.494 e. The highest BCUT2D eigenvalue weighted by Gasteiger charge is 2.16. The van der Waals surface area contributed by atoms with E-state index >= 15 is 0 Å². The molecular formula is C19H18N2O2S2. The lowest BCUT2D eigenvalue weighted by Crippen LogP contribution is -2.11. The van der Waals surface area contributed by atoms with Crippen LogP contribution in [0.15, 0.2) is 58.9 Å². The van der Waals surface area contributed by atoms with Gasteiger partial charge in [-0.25, -0.2) is 4.98 Å². The summed E-state index contributed by atoms with van der Waals surface area (Å²) in [6.45, 7) is 2.53. The fourth-order valence-corrected chi connectivity index (χ4v) is 3.79. The number of hydrogen-bond acceptors (Lipinski definition) is 5. The molecule has 3 rings (SSSR count). The molecule has 0 fully saturated rings. The van der Waals surface area contributed by atoms with E-state index in [0.717, 1.165) is 26.3 Å². The van der Waals surface area contributed by atoms with Crippen molar-refractivity contribution in [1.82, 2.24) is 4.98 Å². The molecule has 1 N–H and O–H groups in total. The van der Waals surface area contributed by atoms with Crippen molar-refractivity contribution in [1.29, 1.82) is 0 Å². The van der Waals surface area contributed by atoms with Crippen molar-refractivity contribution in [3.05, 3.63) is 60.2 Å². The number of aromatic nitrogens is 1. The number of carbonyl (C=O) groups is 1. The van der Waals surface area contributed by atoms with Gasteiger partial charge < -0.3 is 10.1 Å². The summed E-state index contributed by atoms with van der Waals surface area (Å²) in [5, 5.41) is 3.75. The fourth-order valence-electron chi connectivity index (χ4n) is 2.31.